The number of nitrogens with zero attached hydrogens (tertiary/aromatic N) is 2. The van der Waals surface area contributed by atoms with Crippen LogP contribution in [0.5, 0.6) is 11.5 Å². The van der Waals surface area contributed by atoms with E-state index in [1.807, 2.05) is 60.7 Å². The topological polar surface area (TPSA) is 79.3 Å². The van der Waals surface area contributed by atoms with Gasteiger partial charge in [0.05, 0.1) is 6.20 Å². The molecule has 0 spiro atoms. The highest BCUT2D eigenvalue weighted by Crippen LogP contribution is 2.23. The van der Waals surface area contributed by atoms with Gasteiger partial charge in [0, 0.05) is 0 Å². The van der Waals surface area contributed by atoms with Crippen molar-refractivity contribution in [3.8, 4) is 17.6 Å². The van der Waals surface area contributed by atoms with E-state index in [1.165, 1.54) is 6.20 Å². The first-order valence-corrected chi connectivity index (χ1v) is 7.60. The van der Waals surface area contributed by atoms with E-state index in [9.17, 15) is 5.11 Å². The van der Waals surface area contributed by atoms with Gasteiger partial charge in [0.1, 0.15) is 23.7 Å². The van der Waals surface area contributed by atoms with Gasteiger partial charge in [0.2, 0.25) is 11.7 Å². The summed E-state index contributed by atoms with van der Waals surface area (Å²) in [6.45, 7) is 0. The molecule has 0 radical (unpaired) electrons. The van der Waals surface area contributed by atoms with Crippen molar-refractivity contribution in [1.29, 1.82) is 5.26 Å². The van der Waals surface area contributed by atoms with Crippen LogP contribution in [0, 0.1) is 11.3 Å². The predicted octanol–water partition coefficient (Wildman–Crippen LogP) is 4.00. The van der Waals surface area contributed by atoms with Gasteiger partial charge in [-0.25, -0.2) is 4.98 Å². The van der Waals surface area contributed by atoms with Gasteiger partial charge in [-0.3, -0.25) is 0 Å². The minimum Gasteiger partial charge on any atom is -0.457 e. The van der Waals surface area contributed by atoms with E-state index in [0.717, 1.165) is 17.1 Å². The summed E-state index contributed by atoms with van der Waals surface area (Å²) in [5.74, 6) is 1.83. The third-order valence-electron chi connectivity index (χ3n) is 3.53. The molecule has 24 heavy (non-hydrogen) atoms. The normalized spacial score (nSPS) is 11.7. The summed E-state index contributed by atoms with van der Waals surface area (Å²) in [7, 11) is 0. The second kappa shape index (κ2) is 7.44. The van der Waals surface area contributed by atoms with Gasteiger partial charge < -0.3 is 14.3 Å². The van der Waals surface area contributed by atoms with Gasteiger partial charge in [-0.05, 0) is 42.7 Å². The van der Waals surface area contributed by atoms with Crippen molar-refractivity contribution in [2.45, 2.75) is 18.9 Å². The van der Waals surface area contributed by atoms with Crippen molar-refractivity contribution >= 4 is 0 Å². The van der Waals surface area contributed by atoms with E-state index in [0.29, 0.717) is 12.8 Å². The fraction of sp³-hybridized carbons (Fsp3) is 0.158. The Kier molecular flexibility index (Phi) is 4.90. The number of aryl methyl sites for hydroxylation is 1. The summed E-state index contributed by atoms with van der Waals surface area (Å²) < 4.78 is 10.9. The molecule has 0 saturated carbocycles. The summed E-state index contributed by atoms with van der Waals surface area (Å²) in [5.41, 5.74) is 1.07. The molecule has 0 aliphatic heterocycles. The van der Waals surface area contributed by atoms with E-state index in [1.54, 1.807) is 0 Å². The number of aromatic nitrogens is 1. The fourth-order valence-electron chi connectivity index (χ4n) is 2.27. The van der Waals surface area contributed by atoms with Crippen LogP contribution in [-0.2, 0) is 6.42 Å². The molecule has 2 aromatic carbocycles. The highest BCUT2D eigenvalue weighted by atomic mass is 16.5. The van der Waals surface area contributed by atoms with Crippen molar-refractivity contribution in [2.24, 2.45) is 0 Å². The number of ether oxygens (including phenoxy) is 1. The standard InChI is InChI=1S/C19H16N2O3/c20-12-17-13-21-19(24-17)18(22)11-8-14-6-9-16(10-7-14)23-15-4-2-1-3-5-15/h1-7,9-10,13,18,22H,8,11H2. The molecule has 0 saturated heterocycles. The van der Waals surface area contributed by atoms with Crippen molar-refractivity contribution in [3.63, 3.8) is 0 Å². The van der Waals surface area contributed by atoms with Crippen LogP contribution in [0.4, 0.5) is 0 Å². The third-order valence-corrected chi connectivity index (χ3v) is 3.53. The van der Waals surface area contributed by atoms with Crippen LogP contribution in [0.1, 0.15) is 29.7 Å². The SMILES string of the molecule is N#Cc1cnc(C(O)CCc2ccc(Oc3ccccc3)cc2)o1. The van der Waals surface area contributed by atoms with Crippen LogP contribution in [0.3, 0.4) is 0 Å². The molecule has 0 aliphatic carbocycles. The molecule has 3 aromatic rings. The van der Waals surface area contributed by atoms with Crippen LogP contribution < -0.4 is 4.74 Å². The lowest BCUT2D eigenvalue weighted by molar-refractivity contribution is 0.134. The van der Waals surface area contributed by atoms with E-state index < -0.39 is 6.10 Å². The highest BCUT2D eigenvalue weighted by molar-refractivity contribution is 5.33. The molecule has 0 aliphatic rings. The van der Waals surface area contributed by atoms with Crippen LogP contribution in [0.25, 0.3) is 0 Å². The molecule has 3 rings (SSSR count). The first kappa shape index (κ1) is 15.8. The number of benzene rings is 2. The fourth-order valence-corrected chi connectivity index (χ4v) is 2.27. The Hall–Kier alpha value is -3.10. The molecule has 5 heteroatoms. The molecule has 0 amide bonds. The van der Waals surface area contributed by atoms with E-state index in [4.69, 9.17) is 14.4 Å². The smallest absolute Gasteiger partial charge is 0.224 e. The number of aliphatic hydroxyl groups excluding tert-OH is 1. The number of rotatable bonds is 6. The average molecular weight is 320 g/mol. The van der Waals surface area contributed by atoms with Gasteiger partial charge in [0.25, 0.3) is 0 Å². The molecule has 0 fully saturated rings. The second-order valence-electron chi connectivity index (χ2n) is 5.29. The molecule has 5 nitrogen and oxygen atoms in total. The maximum atomic E-state index is 10.0. The summed E-state index contributed by atoms with van der Waals surface area (Å²) in [6, 6.07) is 19.1. The molecule has 1 N–H and O–H groups in total. The molecule has 1 unspecified atom stereocenters. The Morgan fingerprint density at radius 2 is 1.79 bits per heavy atom. The Balaban J connectivity index is 1.55. The molecular weight excluding hydrogens is 304 g/mol. The average Bonchev–Trinajstić information content (AvgIpc) is 3.11. The van der Waals surface area contributed by atoms with Crippen LogP contribution in [0.2, 0.25) is 0 Å². The van der Waals surface area contributed by atoms with Gasteiger partial charge in [0.15, 0.2) is 0 Å². The number of nitriles is 1. The second-order valence-corrected chi connectivity index (χ2v) is 5.29. The van der Waals surface area contributed by atoms with Gasteiger partial charge in [-0.2, -0.15) is 5.26 Å². The van der Waals surface area contributed by atoms with Crippen molar-refractivity contribution < 1.29 is 14.3 Å². The van der Waals surface area contributed by atoms with E-state index in [2.05, 4.69) is 4.98 Å². The zero-order chi connectivity index (χ0) is 16.8. The lowest BCUT2D eigenvalue weighted by atomic mass is 10.1. The zero-order valence-electron chi connectivity index (χ0n) is 12.9. The minimum absolute atomic E-state index is 0.103. The van der Waals surface area contributed by atoms with Gasteiger partial charge in [-0.1, -0.05) is 30.3 Å². The first-order valence-electron chi connectivity index (χ1n) is 7.60. The predicted molar refractivity (Wildman–Crippen MR) is 87.5 cm³/mol. The summed E-state index contributed by atoms with van der Waals surface area (Å²) in [6.07, 6.45) is 1.61. The lowest BCUT2D eigenvalue weighted by Gasteiger charge is -2.08. The molecule has 1 aromatic heterocycles. The molecular formula is C19H16N2O3. The largest absolute Gasteiger partial charge is 0.457 e. The maximum absolute atomic E-state index is 10.0. The molecule has 0 bridgehead atoms. The Morgan fingerprint density at radius 3 is 2.46 bits per heavy atom. The van der Waals surface area contributed by atoms with Crippen LogP contribution >= 0.6 is 0 Å². The van der Waals surface area contributed by atoms with E-state index in [-0.39, 0.29) is 11.7 Å². The third kappa shape index (κ3) is 4.00. The van der Waals surface area contributed by atoms with Crippen LogP contribution in [-0.4, -0.2) is 10.1 Å². The minimum atomic E-state index is -0.827. The monoisotopic (exact) mass is 320 g/mol. The van der Waals surface area contributed by atoms with Gasteiger partial charge >= 0.3 is 0 Å². The Bertz CT molecular complexity index is 820. The quantitative estimate of drug-likeness (QED) is 0.742. The van der Waals surface area contributed by atoms with Crippen LogP contribution in [0.15, 0.2) is 65.2 Å². The Morgan fingerprint density at radius 1 is 1.08 bits per heavy atom. The maximum Gasteiger partial charge on any atom is 0.224 e. The summed E-state index contributed by atoms with van der Waals surface area (Å²) in [4.78, 5) is 3.90. The van der Waals surface area contributed by atoms with Crippen molar-refractivity contribution in [1.82, 2.24) is 4.98 Å². The molecule has 120 valence electrons. The number of hydrogen-bond acceptors (Lipinski definition) is 5. The lowest BCUT2D eigenvalue weighted by Crippen LogP contribution is -2.00. The number of aliphatic hydroxyl groups is 1. The Labute approximate surface area is 139 Å². The highest BCUT2D eigenvalue weighted by Gasteiger charge is 2.14. The first-order chi connectivity index (χ1) is 11.7. The van der Waals surface area contributed by atoms with Crippen molar-refractivity contribution in [2.75, 3.05) is 0 Å². The van der Waals surface area contributed by atoms with Gasteiger partial charge in [-0.15, -0.1) is 0 Å². The van der Waals surface area contributed by atoms with E-state index >= 15 is 0 Å². The number of para-hydroxylation sites is 1. The zero-order valence-corrected chi connectivity index (χ0v) is 12.9. The molecule has 1 heterocycles. The number of oxazole rings is 1. The summed E-state index contributed by atoms with van der Waals surface area (Å²) in [5, 5.41) is 18.7. The van der Waals surface area contributed by atoms with Crippen molar-refractivity contribution in [3.05, 3.63) is 78.0 Å². The number of hydrogen-bond donors (Lipinski definition) is 1. The summed E-state index contributed by atoms with van der Waals surface area (Å²) >= 11 is 0. The molecule has 1 atom stereocenters.